The lowest BCUT2D eigenvalue weighted by molar-refractivity contribution is -0.119. The van der Waals surface area contributed by atoms with Gasteiger partial charge in [0, 0.05) is 50.5 Å². The third kappa shape index (κ3) is 5.70. The van der Waals surface area contributed by atoms with Gasteiger partial charge in [-0.1, -0.05) is 54.1 Å². The van der Waals surface area contributed by atoms with Crippen molar-refractivity contribution in [2.45, 2.75) is 13.1 Å². The number of para-hydroxylation sites is 1. The van der Waals surface area contributed by atoms with Crippen molar-refractivity contribution >= 4 is 40.4 Å². The number of ether oxygens (including phenoxy) is 1. The minimum atomic E-state index is -0.656. The van der Waals surface area contributed by atoms with Crippen LogP contribution in [0, 0.1) is 11.3 Å². The summed E-state index contributed by atoms with van der Waals surface area (Å²) < 4.78 is 5.43. The number of benzene rings is 3. The van der Waals surface area contributed by atoms with Crippen LogP contribution < -0.4 is 15.1 Å². The number of anilines is 3. The zero-order chi connectivity index (χ0) is 25.8. The number of amidine groups is 1. The van der Waals surface area contributed by atoms with Crippen LogP contribution >= 0.6 is 11.6 Å². The zero-order valence-corrected chi connectivity index (χ0v) is 21.7. The number of hydrogen-bond donors (Lipinski definition) is 2. The number of carbonyl (C=O) groups excluding carboxylic acids is 1. The molecule has 0 saturated carbocycles. The van der Waals surface area contributed by atoms with Gasteiger partial charge in [0.05, 0.1) is 24.6 Å². The summed E-state index contributed by atoms with van der Waals surface area (Å²) in [5.74, 6) is -0.560. The van der Waals surface area contributed by atoms with Gasteiger partial charge in [-0.05, 0) is 41.5 Å². The Morgan fingerprint density at radius 1 is 0.973 bits per heavy atom. The van der Waals surface area contributed by atoms with Crippen LogP contribution in [0.25, 0.3) is 0 Å². The van der Waals surface area contributed by atoms with Crippen molar-refractivity contribution in [3.8, 4) is 0 Å². The first-order valence-electron chi connectivity index (χ1n) is 12.6. The summed E-state index contributed by atoms with van der Waals surface area (Å²) in [6.07, 6.45) is 0. The van der Waals surface area contributed by atoms with E-state index in [-0.39, 0.29) is 11.7 Å². The molecule has 0 aliphatic carbocycles. The summed E-state index contributed by atoms with van der Waals surface area (Å²) in [6.45, 7) is 5.42. The van der Waals surface area contributed by atoms with Gasteiger partial charge in [-0.15, -0.1) is 0 Å². The average Bonchev–Trinajstić information content (AvgIpc) is 2.99. The normalized spacial score (nSPS) is 18.6. The molecule has 3 aromatic rings. The minimum Gasteiger partial charge on any atom is -0.379 e. The first-order valence-corrected chi connectivity index (χ1v) is 13.0. The number of nitrogens with one attached hydrogen (secondary N) is 2. The fourth-order valence-electron chi connectivity index (χ4n) is 4.88. The Kier molecular flexibility index (Phi) is 7.86. The van der Waals surface area contributed by atoms with Crippen LogP contribution in [0.5, 0.6) is 0 Å². The molecule has 1 fully saturated rings. The third-order valence-corrected chi connectivity index (χ3v) is 7.21. The molecule has 37 heavy (non-hydrogen) atoms. The summed E-state index contributed by atoms with van der Waals surface area (Å²) in [5.41, 5.74) is 4.61. The van der Waals surface area contributed by atoms with Gasteiger partial charge in [-0.3, -0.25) is 20.0 Å². The predicted octanol–water partition coefficient (Wildman–Crippen LogP) is 4.67. The van der Waals surface area contributed by atoms with Crippen LogP contribution in [0.4, 0.5) is 17.1 Å². The Labute approximate surface area is 223 Å². The van der Waals surface area contributed by atoms with Crippen LogP contribution in [-0.2, 0) is 22.6 Å². The number of carbonyl (C=O) groups is 1. The van der Waals surface area contributed by atoms with Crippen LogP contribution in [0.3, 0.4) is 0 Å². The third-order valence-electron chi connectivity index (χ3n) is 6.97. The highest BCUT2D eigenvalue weighted by atomic mass is 35.5. The Balaban J connectivity index is 1.30. The van der Waals surface area contributed by atoms with Gasteiger partial charge < -0.3 is 15.0 Å². The van der Waals surface area contributed by atoms with Crippen LogP contribution in [0.1, 0.15) is 11.1 Å². The van der Waals surface area contributed by atoms with Gasteiger partial charge in [-0.25, -0.2) is 0 Å². The quantitative estimate of drug-likeness (QED) is 0.476. The van der Waals surface area contributed by atoms with Gasteiger partial charge in [0.2, 0.25) is 5.91 Å². The van der Waals surface area contributed by atoms with Crippen molar-refractivity contribution < 1.29 is 9.53 Å². The first-order chi connectivity index (χ1) is 18.0. The van der Waals surface area contributed by atoms with Crippen LogP contribution in [-0.4, -0.2) is 56.5 Å². The summed E-state index contributed by atoms with van der Waals surface area (Å²) >= 11 is 6.34. The number of amides is 1. The first kappa shape index (κ1) is 25.4. The van der Waals surface area contributed by atoms with E-state index in [1.54, 1.807) is 21.9 Å². The van der Waals surface area contributed by atoms with E-state index in [2.05, 4.69) is 34.5 Å². The molecule has 0 spiro atoms. The molecule has 2 aliphatic heterocycles. The highest BCUT2D eigenvalue weighted by Crippen LogP contribution is 2.40. The van der Waals surface area contributed by atoms with Crippen molar-refractivity contribution in [1.29, 1.82) is 5.41 Å². The van der Waals surface area contributed by atoms with Crippen molar-refractivity contribution in [2.75, 3.05) is 49.7 Å². The smallest absolute Gasteiger partial charge is 0.243 e. The Morgan fingerprint density at radius 3 is 2.41 bits per heavy atom. The van der Waals surface area contributed by atoms with Crippen molar-refractivity contribution in [1.82, 2.24) is 10.2 Å². The van der Waals surface area contributed by atoms with Gasteiger partial charge in [0.15, 0.2) is 0 Å². The molecule has 0 bridgehead atoms. The van der Waals surface area contributed by atoms with E-state index >= 15 is 0 Å². The molecular formula is C29H32ClN5O2. The number of rotatable bonds is 7. The second-order valence-electron chi connectivity index (χ2n) is 9.47. The zero-order valence-electron chi connectivity index (χ0n) is 21.0. The lowest BCUT2D eigenvalue weighted by Gasteiger charge is -2.26. The van der Waals surface area contributed by atoms with E-state index in [0.29, 0.717) is 23.8 Å². The van der Waals surface area contributed by atoms with Crippen LogP contribution in [0.2, 0.25) is 5.02 Å². The molecule has 192 valence electrons. The van der Waals surface area contributed by atoms with Crippen molar-refractivity contribution in [2.24, 2.45) is 5.92 Å². The maximum atomic E-state index is 13.9. The van der Waals surface area contributed by atoms with Gasteiger partial charge in [0.25, 0.3) is 0 Å². The molecule has 2 N–H and O–H groups in total. The Morgan fingerprint density at radius 2 is 1.68 bits per heavy atom. The summed E-state index contributed by atoms with van der Waals surface area (Å²) in [4.78, 5) is 19.8. The molecule has 3 aromatic carbocycles. The molecule has 1 saturated heterocycles. The molecule has 7 nitrogen and oxygen atoms in total. The monoisotopic (exact) mass is 517 g/mol. The predicted molar refractivity (Wildman–Crippen MR) is 149 cm³/mol. The molecule has 1 atom stereocenters. The largest absolute Gasteiger partial charge is 0.379 e. The molecule has 0 radical (unpaired) electrons. The highest BCUT2D eigenvalue weighted by Gasteiger charge is 2.37. The van der Waals surface area contributed by atoms with E-state index in [0.717, 1.165) is 49.8 Å². The van der Waals surface area contributed by atoms with Gasteiger partial charge in [-0.2, -0.15) is 0 Å². The molecule has 2 aliphatic rings. The SMILES string of the molecule is CN1C(=N)C(CNCc2ccc(CN3CCOCC3)cc2)C(=O)N(c2ccccc2)c2cc(Cl)ccc21. The van der Waals surface area contributed by atoms with Gasteiger partial charge >= 0.3 is 0 Å². The number of fused-ring (bicyclic) bond motifs is 1. The fourth-order valence-corrected chi connectivity index (χ4v) is 5.05. The number of morpholine rings is 1. The molecule has 2 heterocycles. The van der Waals surface area contributed by atoms with E-state index in [9.17, 15) is 4.79 Å². The lowest BCUT2D eigenvalue weighted by atomic mass is 10.1. The second-order valence-corrected chi connectivity index (χ2v) is 9.91. The highest BCUT2D eigenvalue weighted by molar-refractivity contribution is 6.31. The maximum Gasteiger partial charge on any atom is 0.243 e. The Bertz CT molecular complexity index is 1240. The topological polar surface area (TPSA) is 71.9 Å². The lowest BCUT2D eigenvalue weighted by Crippen LogP contribution is -2.44. The van der Waals surface area contributed by atoms with Crippen molar-refractivity contribution in [3.05, 3.63) is 88.9 Å². The van der Waals surface area contributed by atoms with Crippen LogP contribution in [0.15, 0.2) is 72.8 Å². The second kappa shape index (κ2) is 11.4. The molecule has 1 unspecified atom stereocenters. The summed E-state index contributed by atoms with van der Waals surface area (Å²) in [6, 6.07) is 23.6. The minimum absolute atomic E-state index is 0.155. The summed E-state index contributed by atoms with van der Waals surface area (Å²) in [5, 5.41) is 12.9. The van der Waals surface area contributed by atoms with Crippen molar-refractivity contribution in [3.63, 3.8) is 0 Å². The van der Waals surface area contributed by atoms with E-state index in [4.69, 9.17) is 21.7 Å². The van der Waals surface area contributed by atoms with E-state index in [1.807, 2.05) is 43.4 Å². The molecule has 0 aromatic heterocycles. The molecule has 5 rings (SSSR count). The molecule has 1 amide bonds. The molecular weight excluding hydrogens is 486 g/mol. The van der Waals surface area contributed by atoms with E-state index in [1.165, 1.54) is 5.56 Å². The van der Waals surface area contributed by atoms with Gasteiger partial charge in [0.1, 0.15) is 11.8 Å². The molecule has 8 heteroatoms. The summed E-state index contributed by atoms with van der Waals surface area (Å²) in [7, 11) is 1.83. The number of halogens is 1. The maximum absolute atomic E-state index is 13.9. The standard InChI is InChI=1S/C29H32ClN5O2/c1-33-26-12-11-23(30)17-27(26)35(24-5-3-2-4-6-24)29(36)25(28(33)31)19-32-18-21-7-9-22(10-8-21)20-34-13-15-37-16-14-34/h2-12,17,25,31-32H,13-16,18-20H2,1H3. The average molecular weight is 518 g/mol. The number of nitrogens with zero attached hydrogens (tertiary/aromatic N) is 3. The Hall–Kier alpha value is -3.23. The number of hydrogen-bond acceptors (Lipinski definition) is 5. The fraction of sp³-hybridized carbons (Fsp3) is 0.310. The van der Waals surface area contributed by atoms with E-state index < -0.39 is 5.92 Å².